The molecule has 2 nitrogen and oxygen atoms in total. The summed E-state index contributed by atoms with van der Waals surface area (Å²) in [4.78, 5) is 0. The Bertz CT molecular complexity index is 1300. The van der Waals surface area contributed by atoms with E-state index in [0.717, 1.165) is 6.54 Å². The molecule has 0 bridgehead atoms. The predicted molar refractivity (Wildman–Crippen MR) is 138 cm³/mol. The number of fused-ring (bicyclic) bond motifs is 3. The van der Waals surface area contributed by atoms with Crippen LogP contribution in [0.1, 0.15) is 79.9 Å². The zero-order valence-electron chi connectivity index (χ0n) is 19.9. The number of imidazole rings is 1. The van der Waals surface area contributed by atoms with E-state index in [4.69, 9.17) is 0 Å². The maximum Gasteiger partial charge on any atom is 0.294 e. The molecule has 1 aliphatic heterocycles. The van der Waals surface area contributed by atoms with Crippen molar-refractivity contribution in [2.75, 3.05) is 0 Å². The van der Waals surface area contributed by atoms with Crippen LogP contribution in [0.25, 0.3) is 28.2 Å². The minimum atomic E-state index is 0.665. The van der Waals surface area contributed by atoms with Crippen molar-refractivity contribution in [2.24, 2.45) is 0 Å². The molecule has 0 atom stereocenters. The van der Waals surface area contributed by atoms with Crippen molar-refractivity contribution >= 4 is 0 Å². The average molecular weight is 446 g/mol. The molecule has 2 heteroatoms. The summed E-state index contributed by atoms with van der Waals surface area (Å²) in [5, 5.41) is 0. The summed E-state index contributed by atoms with van der Waals surface area (Å²) >= 11 is 0. The molecule has 0 amide bonds. The van der Waals surface area contributed by atoms with Crippen LogP contribution in [0.5, 0.6) is 0 Å². The van der Waals surface area contributed by atoms with Gasteiger partial charge in [-0.15, -0.1) is 0 Å². The molecule has 2 heterocycles. The molecule has 2 saturated carbocycles. The Morgan fingerprint density at radius 1 is 0.676 bits per heavy atom. The average Bonchev–Trinajstić information content (AvgIpc) is 3.69. The van der Waals surface area contributed by atoms with Gasteiger partial charge in [0.1, 0.15) is 24.6 Å². The van der Waals surface area contributed by atoms with Crippen molar-refractivity contribution in [3.8, 4) is 28.2 Å². The van der Waals surface area contributed by atoms with Crippen molar-refractivity contribution in [3.63, 3.8) is 0 Å². The molecule has 1 aromatic heterocycles. The highest BCUT2D eigenvalue weighted by Gasteiger charge is 2.35. The molecule has 34 heavy (non-hydrogen) atoms. The normalized spacial score (nSPS) is 17.9. The quantitative estimate of drug-likeness (QED) is 0.250. The van der Waals surface area contributed by atoms with Gasteiger partial charge in [0.25, 0.3) is 5.82 Å². The van der Waals surface area contributed by atoms with Crippen molar-refractivity contribution in [3.05, 3.63) is 95.8 Å². The Kier molecular flexibility index (Phi) is 4.93. The van der Waals surface area contributed by atoms with Gasteiger partial charge in [-0.1, -0.05) is 74.2 Å². The van der Waals surface area contributed by atoms with Crippen LogP contribution in [-0.4, -0.2) is 4.57 Å². The summed E-state index contributed by atoms with van der Waals surface area (Å²) in [5.74, 6) is 2.69. The highest BCUT2D eigenvalue weighted by atomic mass is 15.2. The SMILES string of the molecule is c1ccc(-c2cc(C3CCCC3)c(-n3cc[n+]4c3-c3ccccc3C4)c(C3CCCC3)c2)cc1. The first-order valence-corrected chi connectivity index (χ1v) is 13.3. The van der Waals surface area contributed by atoms with Crippen LogP contribution in [0.2, 0.25) is 0 Å². The van der Waals surface area contributed by atoms with Gasteiger partial charge in [0, 0.05) is 16.7 Å². The van der Waals surface area contributed by atoms with Crippen molar-refractivity contribution in [1.82, 2.24) is 4.57 Å². The fraction of sp³-hybridized carbons (Fsp3) is 0.344. The maximum atomic E-state index is 2.57. The second-order valence-electron chi connectivity index (χ2n) is 10.6. The van der Waals surface area contributed by atoms with E-state index in [-0.39, 0.29) is 0 Å². The molecule has 4 aromatic rings. The monoisotopic (exact) mass is 445 g/mol. The highest BCUT2D eigenvalue weighted by molar-refractivity contribution is 5.72. The third-order valence-electron chi connectivity index (χ3n) is 8.60. The van der Waals surface area contributed by atoms with Crippen molar-refractivity contribution in [1.29, 1.82) is 0 Å². The Labute approximate surface area is 202 Å². The van der Waals surface area contributed by atoms with Crippen molar-refractivity contribution in [2.45, 2.75) is 69.7 Å². The first kappa shape index (κ1) is 20.3. The molecule has 2 fully saturated rings. The number of hydrogen-bond acceptors (Lipinski definition) is 0. The molecule has 3 aromatic carbocycles. The molecular weight excluding hydrogens is 412 g/mol. The summed E-state index contributed by atoms with van der Waals surface area (Å²) < 4.78 is 5.02. The second-order valence-corrected chi connectivity index (χ2v) is 10.6. The van der Waals surface area contributed by atoms with Crippen LogP contribution >= 0.6 is 0 Å². The smallest absolute Gasteiger partial charge is 0.225 e. The van der Waals surface area contributed by atoms with Gasteiger partial charge in [-0.05, 0) is 66.8 Å². The molecule has 3 aliphatic rings. The lowest BCUT2D eigenvalue weighted by molar-refractivity contribution is -0.671. The van der Waals surface area contributed by atoms with Gasteiger partial charge >= 0.3 is 0 Å². The lowest BCUT2D eigenvalue weighted by atomic mass is 9.84. The van der Waals surface area contributed by atoms with Gasteiger partial charge in [-0.25, -0.2) is 4.57 Å². The van der Waals surface area contributed by atoms with Gasteiger partial charge < -0.3 is 0 Å². The third-order valence-corrected chi connectivity index (χ3v) is 8.60. The van der Waals surface area contributed by atoms with Crippen LogP contribution in [-0.2, 0) is 6.54 Å². The largest absolute Gasteiger partial charge is 0.294 e. The van der Waals surface area contributed by atoms with E-state index in [9.17, 15) is 0 Å². The highest BCUT2D eigenvalue weighted by Crippen LogP contribution is 2.46. The lowest BCUT2D eigenvalue weighted by Gasteiger charge is -2.22. The van der Waals surface area contributed by atoms with Crippen LogP contribution < -0.4 is 4.57 Å². The van der Waals surface area contributed by atoms with E-state index < -0.39 is 0 Å². The Hall–Kier alpha value is -3.13. The maximum absolute atomic E-state index is 2.57. The topological polar surface area (TPSA) is 8.81 Å². The molecule has 7 rings (SSSR count). The molecule has 0 unspecified atom stereocenters. The van der Waals surface area contributed by atoms with Crippen LogP contribution in [0.15, 0.2) is 79.1 Å². The minimum Gasteiger partial charge on any atom is -0.225 e. The zero-order chi connectivity index (χ0) is 22.5. The van der Waals surface area contributed by atoms with E-state index in [1.807, 2.05) is 0 Å². The summed E-state index contributed by atoms with van der Waals surface area (Å²) in [6.45, 7) is 0.984. The molecule has 0 saturated heterocycles. The van der Waals surface area contributed by atoms with Crippen molar-refractivity contribution < 1.29 is 4.57 Å². The fourth-order valence-corrected chi connectivity index (χ4v) is 6.93. The fourth-order valence-electron chi connectivity index (χ4n) is 6.93. The molecule has 0 spiro atoms. The van der Waals surface area contributed by atoms with E-state index in [0.29, 0.717) is 11.8 Å². The molecule has 0 radical (unpaired) electrons. The van der Waals surface area contributed by atoms with Gasteiger partial charge in [-0.2, -0.15) is 4.57 Å². The van der Waals surface area contributed by atoms with E-state index in [1.54, 1.807) is 11.1 Å². The third kappa shape index (κ3) is 3.27. The molecule has 2 aliphatic carbocycles. The Morgan fingerprint density at radius 3 is 1.97 bits per heavy atom. The van der Waals surface area contributed by atoms with Crippen LogP contribution in [0.3, 0.4) is 0 Å². The first-order valence-electron chi connectivity index (χ1n) is 13.3. The minimum absolute atomic E-state index is 0.665. The first-order chi connectivity index (χ1) is 16.9. The van der Waals surface area contributed by atoms with Gasteiger partial charge in [0.2, 0.25) is 0 Å². The molecule has 0 N–H and O–H groups in total. The molecule has 170 valence electrons. The predicted octanol–water partition coefficient (Wildman–Crippen LogP) is 7.78. The number of benzene rings is 3. The summed E-state index contributed by atoms with van der Waals surface area (Å²) in [5.41, 5.74) is 10.3. The Balaban J connectivity index is 1.50. The van der Waals surface area contributed by atoms with Crippen LogP contribution in [0, 0.1) is 0 Å². The van der Waals surface area contributed by atoms with Crippen LogP contribution in [0.4, 0.5) is 0 Å². The number of hydrogen-bond donors (Lipinski definition) is 0. The number of nitrogens with zero attached hydrogens (tertiary/aromatic N) is 2. The van der Waals surface area contributed by atoms with E-state index in [1.165, 1.54) is 85.1 Å². The summed E-state index contributed by atoms with van der Waals surface area (Å²) in [7, 11) is 0. The second kappa shape index (κ2) is 8.27. The summed E-state index contributed by atoms with van der Waals surface area (Å²) in [6, 6.07) is 25.1. The van der Waals surface area contributed by atoms with Gasteiger partial charge in [0.05, 0.1) is 5.56 Å². The lowest BCUT2D eigenvalue weighted by Crippen LogP contribution is -2.30. The summed E-state index contributed by atoms with van der Waals surface area (Å²) in [6.07, 6.45) is 15.4. The zero-order valence-corrected chi connectivity index (χ0v) is 19.9. The van der Waals surface area contributed by atoms with E-state index >= 15 is 0 Å². The van der Waals surface area contributed by atoms with E-state index in [2.05, 4.69) is 88.3 Å². The molecular formula is C32H33N2+. The number of aromatic nitrogens is 2. The Morgan fingerprint density at radius 2 is 1.29 bits per heavy atom. The standard InChI is InChI=1S/C32H33N2/c1-2-10-23(11-3-1)27-20-29(24-12-4-5-13-24)31(30(21-27)25-14-6-7-15-25)34-19-18-33-22-26-16-8-9-17-28(26)32(33)34/h1-3,8-11,16-21,24-25H,4-7,12-15,22H2/q+1. The van der Waals surface area contributed by atoms with Gasteiger partial charge in [0.15, 0.2) is 0 Å². The van der Waals surface area contributed by atoms with Gasteiger partial charge in [-0.3, -0.25) is 0 Å². The number of rotatable bonds is 4.